The van der Waals surface area contributed by atoms with E-state index < -0.39 is 0 Å². The number of halogens is 1. The molecule has 1 aliphatic rings. The number of hydrogen-bond acceptors (Lipinski definition) is 2. The fourth-order valence-electron chi connectivity index (χ4n) is 1.91. The number of ketones is 1. The number of aliphatic hydroxyl groups is 1. The molecular formula is C13H19BrO2. The predicted octanol–water partition coefficient (Wildman–Crippen LogP) is 3.35. The van der Waals surface area contributed by atoms with Crippen molar-refractivity contribution in [2.24, 2.45) is 5.92 Å². The van der Waals surface area contributed by atoms with E-state index in [1.165, 1.54) is 5.57 Å². The number of Topliss-reactive ketones (excluding diaryl/α,β-unsaturated/α-hetero) is 1. The number of carbonyl (C=O) groups excluding carboxylic acids is 1. The minimum Gasteiger partial charge on any atom is -0.392 e. The number of hydrogen-bond donors (Lipinski definition) is 1. The van der Waals surface area contributed by atoms with Gasteiger partial charge in [-0.15, -0.1) is 0 Å². The summed E-state index contributed by atoms with van der Waals surface area (Å²) < 4.78 is 0.588. The third-order valence-corrected chi connectivity index (χ3v) is 3.95. The van der Waals surface area contributed by atoms with Gasteiger partial charge in [0.05, 0.1) is 11.1 Å². The van der Waals surface area contributed by atoms with Crippen molar-refractivity contribution >= 4 is 21.7 Å². The van der Waals surface area contributed by atoms with Gasteiger partial charge in [0.1, 0.15) is 0 Å². The number of rotatable bonds is 1. The van der Waals surface area contributed by atoms with Crippen LogP contribution in [0.5, 0.6) is 0 Å². The van der Waals surface area contributed by atoms with Gasteiger partial charge in [-0.25, -0.2) is 0 Å². The molecule has 0 fully saturated rings. The van der Waals surface area contributed by atoms with Crippen molar-refractivity contribution in [2.75, 3.05) is 6.61 Å². The summed E-state index contributed by atoms with van der Waals surface area (Å²) in [6, 6.07) is 0. The van der Waals surface area contributed by atoms with Crippen LogP contribution in [0.1, 0.15) is 39.5 Å². The molecule has 90 valence electrons. The molecule has 0 aliphatic heterocycles. The Balaban J connectivity index is 3.06. The Morgan fingerprint density at radius 1 is 1.50 bits per heavy atom. The molecule has 0 aromatic heterocycles. The van der Waals surface area contributed by atoms with Crippen LogP contribution >= 0.6 is 15.9 Å². The van der Waals surface area contributed by atoms with Crippen molar-refractivity contribution < 1.29 is 9.90 Å². The minimum atomic E-state index is -0.00144. The van der Waals surface area contributed by atoms with E-state index >= 15 is 0 Å². The zero-order valence-electron chi connectivity index (χ0n) is 9.92. The fourth-order valence-corrected chi connectivity index (χ4v) is 2.38. The molecule has 0 saturated heterocycles. The Morgan fingerprint density at radius 3 is 2.81 bits per heavy atom. The third-order valence-electron chi connectivity index (χ3n) is 3.27. The molecule has 0 radical (unpaired) electrons. The Labute approximate surface area is 106 Å². The highest BCUT2D eigenvalue weighted by molar-refractivity contribution is 9.12. The molecule has 1 aliphatic carbocycles. The molecule has 1 unspecified atom stereocenters. The normalized spacial score (nSPS) is 32.1. The highest BCUT2D eigenvalue weighted by Gasteiger charge is 2.14. The van der Waals surface area contributed by atoms with Crippen molar-refractivity contribution in [3.63, 3.8) is 0 Å². The first-order chi connectivity index (χ1) is 7.56. The molecule has 0 bridgehead atoms. The summed E-state index contributed by atoms with van der Waals surface area (Å²) in [5, 5.41) is 9.33. The third kappa shape index (κ3) is 3.56. The summed E-state index contributed by atoms with van der Waals surface area (Å²) in [5.74, 6) is 0.611. The first-order valence-electron chi connectivity index (χ1n) is 5.77. The van der Waals surface area contributed by atoms with Crippen LogP contribution in [0.25, 0.3) is 0 Å². The van der Waals surface area contributed by atoms with Crippen LogP contribution in [0, 0.1) is 5.92 Å². The summed E-state index contributed by atoms with van der Waals surface area (Å²) in [6.07, 6.45) is 5.49. The van der Waals surface area contributed by atoms with Crippen LogP contribution in [0.15, 0.2) is 21.7 Å². The molecule has 2 nitrogen and oxygen atoms in total. The zero-order chi connectivity index (χ0) is 12.1. The lowest BCUT2D eigenvalue weighted by Crippen LogP contribution is -2.07. The van der Waals surface area contributed by atoms with Crippen LogP contribution in [0.3, 0.4) is 0 Å². The first-order valence-corrected chi connectivity index (χ1v) is 6.56. The molecule has 0 saturated carbocycles. The van der Waals surface area contributed by atoms with Crippen molar-refractivity contribution in [1.29, 1.82) is 0 Å². The quantitative estimate of drug-likeness (QED) is 0.803. The summed E-state index contributed by atoms with van der Waals surface area (Å²) in [4.78, 5) is 11.7. The van der Waals surface area contributed by atoms with Crippen molar-refractivity contribution in [2.45, 2.75) is 39.5 Å². The van der Waals surface area contributed by atoms with Gasteiger partial charge >= 0.3 is 0 Å². The Bertz CT molecular complexity index is 329. The maximum atomic E-state index is 11.7. The SMILES string of the molecule is C/C1=C(CO)/C=C(/Br)C(=O)CCCCC1C. The molecule has 1 rings (SSSR count). The van der Waals surface area contributed by atoms with Crippen LogP contribution in [-0.2, 0) is 4.79 Å². The van der Waals surface area contributed by atoms with E-state index in [0.29, 0.717) is 16.8 Å². The minimum absolute atomic E-state index is 0.00144. The van der Waals surface area contributed by atoms with E-state index in [1.807, 2.05) is 6.92 Å². The largest absolute Gasteiger partial charge is 0.392 e. The van der Waals surface area contributed by atoms with Gasteiger partial charge in [-0.2, -0.15) is 0 Å². The van der Waals surface area contributed by atoms with Crippen molar-refractivity contribution in [1.82, 2.24) is 0 Å². The molecule has 0 heterocycles. The highest BCUT2D eigenvalue weighted by atomic mass is 79.9. The Morgan fingerprint density at radius 2 is 2.19 bits per heavy atom. The molecule has 1 atom stereocenters. The van der Waals surface area contributed by atoms with Gasteiger partial charge in [0.25, 0.3) is 0 Å². The molecule has 0 aromatic rings. The van der Waals surface area contributed by atoms with Gasteiger partial charge in [-0.05, 0) is 53.3 Å². The second kappa shape index (κ2) is 6.36. The summed E-state index contributed by atoms with van der Waals surface area (Å²) in [5.41, 5.74) is 2.06. The maximum absolute atomic E-state index is 11.7. The molecule has 0 amide bonds. The molecule has 16 heavy (non-hydrogen) atoms. The van der Waals surface area contributed by atoms with E-state index in [9.17, 15) is 9.90 Å². The highest BCUT2D eigenvalue weighted by Crippen LogP contribution is 2.25. The monoisotopic (exact) mass is 286 g/mol. The van der Waals surface area contributed by atoms with Crippen LogP contribution < -0.4 is 0 Å². The second-order valence-corrected chi connectivity index (χ2v) is 5.28. The predicted molar refractivity (Wildman–Crippen MR) is 69.4 cm³/mol. The van der Waals surface area contributed by atoms with Gasteiger partial charge in [0.15, 0.2) is 5.78 Å². The van der Waals surface area contributed by atoms with Gasteiger partial charge in [0.2, 0.25) is 0 Å². The fraction of sp³-hybridized carbons (Fsp3) is 0.615. The van der Waals surface area contributed by atoms with Crippen LogP contribution in [0.2, 0.25) is 0 Å². The van der Waals surface area contributed by atoms with Crippen LogP contribution in [-0.4, -0.2) is 17.5 Å². The number of allylic oxidation sites excluding steroid dienone is 2. The Hall–Kier alpha value is -0.410. The standard InChI is InChI=1S/C13H19BrO2/c1-9-5-3-4-6-13(16)12(14)7-11(8-15)10(9)2/h7,9,15H,3-6,8H2,1-2H3/b11-10+,12-7+. The average molecular weight is 287 g/mol. The van der Waals surface area contributed by atoms with E-state index in [0.717, 1.165) is 24.8 Å². The van der Waals surface area contributed by atoms with E-state index in [2.05, 4.69) is 22.9 Å². The maximum Gasteiger partial charge on any atom is 0.169 e. The van der Waals surface area contributed by atoms with Crippen molar-refractivity contribution in [3.8, 4) is 0 Å². The summed E-state index contributed by atoms with van der Waals surface area (Å²) in [6.45, 7) is 4.22. The molecule has 1 N–H and O–H groups in total. The van der Waals surface area contributed by atoms with Gasteiger partial charge in [-0.1, -0.05) is 18.9 Å². The van der Waals surface area contributed by atoms with E-state index in [1.54, 1.807) is 6.08 Å². The second-order valence-electron chi connectivity index (χ2n) is 4.43. The lowest BCUT2D eigenvalue weighted by Gasteiger charge is -2.17. The molecule has 0 spiro atoms. The lowest BCUT2D eigenvalue weighted by molar-refractivity contribution is -0.115. The van der Waals surface area contributed by atoms with E-state index in [-0.39, 0.29) is 12.4 Å². The summed E-state index contributed by atoms with van der Waals surface area (Å²) >= 11 is 3.29. The van der Waals surface area contributed by atoms with Gasteiger partial charge in [-0.3, -0.25) is 4.79 Å². The topological polar surface area (TPSA) is 37.3 Å². The number of aliphatic hydroxyl groups excluding tert-OH is 1. The van der Waals surface area contributed by atoms with E-state index in [4.69, 9.17) is 0 Å². The summed E-state index contributed by atoms with van der Waals surface area (Å²) in [7, 11) is 0. The lowest BCUT2D eigenvalue weighted by atomic mass is 9.90. The smallest absolute Gasteiger partial charge is 0.169 e. The molecule has 3 heteroatoms. The first kappa shape index (κ1) is 13.7. The zero-order valence-corrected chi connectivity index (χ0v) is 11.5. The molecule has 0 aromatic carbocycles. The van der Waals surface area contributed by atoms with Crippen LogP contribution in [0.4, 0.5) is 0 Å². The number of carbonyl (C=O) groups is 1. The average Bonchev–Trinajstić information content (AvgIpc) is 2.28. The van der Waals surface area contributed by atoms with Gasteiger partial charge < -0.3 is 5.11 Å². The molecular weight excluding hydrogens is 268 g/mol. The Kier molecular flexibility index (Phi) is 5.42. The van der Waals surface area contributed by atoms with Gasteiger partial charge in [0, 0.05) is 6.42 Å². The van der Waals surface area contributed by atoms with Crippen molar-refractivity contribution in [3.05, 3.63) is 21.7 Å².